The maximum atomic E-state index is 14.2. The van der Waals surface area contributed by atoms with Crippen molar-refractivity contribution in [3.63, 3.8) is 0 Å². The number of benzene rings is 2. The topological polar surface area (TPSA) is 68.8 Å². The third-order valence-corrected chi connectivity index (χ3v) is 6.43. The summed E-state index contributed by atoms with van der Waals surface area (Å²) >= 11 is 0. The summed E-state index contributed by atoms with van der Waals surface area (Å²) in [6.45, 7) is 4.48. The molecule has 0 radical (unpaired) electrons. The molecule has 1 aliphatic heterocycles. The van der Waals surface area contributed by atoms with Crippen LogP contribution in [0.1, 0.15) is 47.1 Å². The number of halogens is 2. The highest BCUT2D eigenvalue weighted by atomic mass is 19.1. The van der Waals surface area contributed by atoms with E-state index in [-0.39, 0.29) is 23.3 Å². The highest BCUT2D eigenvalue weighted by Gasteiger charge is 2.43. The van der Waals surface area contributed by atoms with E-state index in [0.717, 1.165) is 33.5 Å². The standard InChI is InChI=1S/C24H22F2N6O/c1-15-18-6-4-5-7-19(18)24(2,16-11-27-30(3)12-16)14-31(15)23(33)21-13-32(29-28-21)22-9-8-17(25)10-20(22)26/h4-13,15H,14H2,1-3H3. The minimum Gasteiger partial charge on any atom is -0.329 e. The molecule has 2 aromatic carbocycles. The largest absolute Gasteiger partial charge is 0.329 e. The smallest absolute Gasteiger partial charge is 0.276 e. The van der Waals surface area contributed by atoms with Gasteiger partial charge in [-0.05, 0) is 37.1 Å². The van der Waals surface area contributed by atoms with Gasteiger partial charge in [-0.15, -0.1) is 5.10 Å². The number of carbonyl (C=O) groups is 1. The van der Waals surface area contributed by atoms with E-state index in [1.165, 1.54) is 12.3 Å². The lowest BCUT2D eigenvalue weighted by Crippen LogP contribution is -2.49. The molecule has 1 amide bonds. The predicted octanol–water partition coefficient (Wildman–Crippen LogP) is 3.80. The minimum atomic E-state index is -0.789. The summed E-state index contributed by atoms with van der Waals surface area (Å²) in [5, 5.41) is 12.2. The van der Waals surface area contributed by atoms with Crippen LogP contribution in [0, 0.1) is 11.6 Å². The van der Waals surface area contributed by atoms with Gasteiger partial charge in [0.15, 0.2) is 11.5 Å². The number of amides is 1. The van der Waals surface area contributed by atoms with Gasteiger partial charge in [-0.25, -0.2) is 13.5 Å². The van der Waals surface area contributed by atoms with E-state index in [9.17, 15) is 13.6 Å². The zero-order chi connectivity index (χ0) is 23.3. The fourth-order valence-corrected chi connectivity index (χ4v) is 4.59. The number of aryl methyl sites for hydroxylation is 1. The SMILES string of the molecule is CC1c2ccccc2C(C)(c2cnn(C)c2)CN1C(=O)c1cn(-c2ccc(F)cc2F)nn1. The Hall–Kier alpha value is -3.88. The molecule has 2 unspecified atom stereocenters. The van der Waals surface area contributed by atoms with E-state index >= 15 is 0 Å². The minimum absolute atomic E-state index is 0.0141. The van der Waals surface area contributed by atoms with E-state index in [4.69, 9.17) is 0 Å². The Kier molecular flexibility index (Phi) is 4.84. The van der Waals surface area contributed by atoms with Crippen LogP contribution < -0.4 is 0 Å². The quantitative estimate of drug-likeness (QED) is 0.478. The van der Waals surface area contributed by atoms with Crippen molar-refractivity contribution >= 4 is 5.91 Å². The van der Waals surface area contributed by atoms with E-state index in [0.29, 0.717) is 6.54 Å². The Morgan fingerprint density at radius 2 is 1.94 bits per heavy atom. The average Bonchev–Trinajstić information content (AvgIpc) is 3.46. The number of aromatic nitrogens is 5. The molecule has 7 nitrogen and oxygen atoms in total. The number of nitrogens with zero attached hydrogens (tertiary/aromatic N) is 6. The van der Waals surface area contributed by atoms with Crippen LogP contribution in [0.15, 0.2) is 61.1 Å². The molecular weight excluding hydrogens is 426 g/mol. The predicted molar refractivity (Wildman–Crippen MR) is 117 cm³/mol. The molecule has 2 aromatic heterocycles. The van der Waals surface area contributed by atoms with Crippen molar-refractivity contribution in [2.24, 2.45) is 7.05 Å². The summed E-state index contributed by atoms with van der Waals surface area (Å²) < 4.78 is 30.3. The van der Waals surface area contributed by atoms with Crippen LogP contribution in [-0.4, -0.2) is 42.1 Å². The molecule has 1 aliphatic rings. The summed E-state index contributed by atoms with van der Waals surface area (Å²) in [6.07, 6.45) is 5.15. The summed E-state index contributed by atoms with van der Waals surface area (Å²) in [7, 11) is 1.86. The molecule has 0 aliphatic carbocycles. The average molecular weight is 448 g/mol. The van der Waals surface area contributed by atoms with Gasteiger partial charge in [-0.1, -0.05) is 29.5 Å². The molecule has 2 atom stereocenters. The number of hydrogen-bond donors (Lipinski definition) is 0. The molecule has 0 bridgehead atoms. The normalized spacial score (nSPS) is 20.0. The van der Waals surface area contributed by atoms with Crippen LogP contribution in [0.2, 0.25) is 0 Å². The first-order chi connectivity index (χ1) is 15.8. The summed E-state index contributed by atoms with van der Waals surface area (Å²) in [4.78, 5) is 15.3. The van der Waals surface area contributed by atoms with Gasteiger partial charge in [0, 0.05) is 36.8 Å². The van der Waals surface area contributed by atoms with Crippen molar-refractivity contribution in [2.75, 3.05) is 6.54 Å². The van der Waals surface area contributed by atoms with Crippen molar-refractivity contribution in [3.8, 4) is 5.69 Å². The Bertz CT molecular complexity index is 1360. The second kappa shape index (κ2) is 7.61. The van der Waals surface area contributed by atoms with Gasteiger partial charge in [0.25, 0.3) is 5.91 Å². The lowest BCUT2D eigenvalue weighted by atomic mass is 9.71. The van der Waals surface area contributed by atoms with E-state index in [2.05, 4.69) is 28.4 Å². The monoisotopic (exact) mass is 448 g/mol. The van der Waals surface area contributed by atoms with E-state index < -0.39 is 17.0 Å². The first kappa shape index (κ1) is 21.0. The van der Waals surface area contributed by atoms with Crippen LogP contribution in [0.4, 0.5) is 8.78 Å². The van der Waals surface area contributed by atoms with Gasteiger partial charge >= 0.3 is 0 Å². The molecule has 5 rings (SSSR count). The lowest BCUT2D eigenvalue weighted by Gasteiger charge is -2.45. The molecular formula is C24H22F2N6O. The first-order valence-corrected chi connectivity index (χ1v) is 10.6. The molecule has 33 heavy (non-hydrogen) atoms. The summed E-state index contributed by atoms with van der Waals surface area (Å²) in [5.41, 5.74) is 2.80. The molecule has 0 fully saturated rings. The molecule has 0 N–H and O–H groups in total. The third kappa shape index (κ3) is 3.40. The van der Waals surface area contributed by atoms with Crippen molar-refractivity contribution in [1.29, 1.82) is 0 Å². The number of hydrogen-bond acceptors (Lipinski definition) is 4. The Labute approximate surface area is 189 Å². The lowest BCUT2D eigenvalue weighted by molar-refractivity contribution is 0.0621. The van der Waals surface area contributed by atoms with Crippen LogP contribution in [-0.2, 0) is 12.5 Å². The molecule has 3 heterocycles. The number of rotatable bonds is 3. The van der Waals surface area contributed by atoms with Crippen LogP contribution in [0.3, 0.4) is 0 Å². The van der Waals surface area contributed by atoms with Gasteiger partial charge in [0.2, 0.25) is 0 Å². The Balaban J connectivity index is 1.53. The summed E-state index contributed by atoms with van der Waals surface area (Å²) in [5.74, 6) is -1.80. The van der Waals surface area contributed by atoms with Crippen LogP contribution in [0.25, 0.3) is 5.69 Å². The fourth-order valence-electron chi connectivity index (χ4n) is 4.59. The number of fused-ring (bicyclic) bond motifs is 1. The molecule has 9 heteroatoms. The van der Waals surface area contributed by atoms with Gasteiger partial charge in [-0.3, -0.25) is 9.48 Å². The maximum absolute atomic E-state index is 14.2. The zero-order valence-electron chi connectivity index (χ0n) is 18.4. The molecule has 4 aromatic rings. The highest BCUT2D eigenvalue weighted by molar-refractivity contribution is 5.92. The van der Waals surface area contributed by atoms with Crippen LogP contribution >= 0.6 is 0 Å². The molecule has 0 spiro atoms. The maximum Gasteiger partial charge on any atom is 0.276 e. The summed E-state index contributed by atoms with van der Waals surface area (Å²) in [6, 6.07) is 11.0. The van der Waals surface area contributed by atoms with Crippen molar-refractivity contribution in [1.82, 2.24) is 29.7 Å². The molecule has 0 saturated carbocycles. The highest BCUT2D eigenvalue weighted by Crippen LogP contribution is 2.43. The molecule has 168 valence electrons. The first-order valence-electron chi connectivity index (χ1n) is 10.6. The van der Waals surface area contributed by atoms with Crippen molar-refractivity contribution in [3.05, 3.63) is 95.1 Å². The van der Waals surface area contributed by atoms with Crippen LogP contribution in [0.5, 0.6) is 0 Å². The third-order valence-electron chi connectivity index (χ3n) is 6.43. The van der Waals surface area contributed by atoms with Crippen molar-refractivity contribution in [2.45, 2.75) is 25.3 Å². The molecule has 0 saturated heterocycles. The van der Waals surface area contributed by atoms with Gasteiger partial charge in [0.1, 0.15) is 11.5 Å². The fraction of sp³-hybridized carbons (Fsp3) is 0.250. The second-order valence-electron chi connectivity index (χ2n) is 8.58. The van der Waals surface area contributed by atoms with Gasteiger partial charge in [-0.2, -0.15) is 5.10 Å². The second-order valence-corrected chi connectivity index (χ2v) is 8.58. The van der Waals surface area contributed by atoms with Gasteiger partial charge < -0.3 is 4.90 Å². The Morgan fingerprint density at radius 1 is 1.15 bits per heavy atom. The van der Waals surface area contributed by atoms with Gasteiger partial charge in [0.05, 0.1) is 18.4 Å². The zero-order valence-corrected chi connectivity index (χ0v) is 18.4. The van der Waals surface area contributed by atoms with E-state index in [1.807, 2.05) is 44.6 Å². The van der Waals surface area contributed by atoms with E-state index in [1.54, 1.807) is 9.58 Å². The van der Waals surface area contributed by atoms with Crippen molar-refractivity contribution < 1.29 is 13.6 Å². The Morgan fingerprint density at radius 3 is 2.67 bits per heavy atom. The number of carbonyl (C=O) groups excluding carboxylic acids is 1.